The summed E-state index contributed by atoms with van der Waals surface area (Å²) in [5.74, 6) is -0.159. The first kappa shape index (κ1) is 23.3. The minimum absolute atomic E-state index is 0. The molecular formula is C24H16Li2O2S. The van der Waals surface area contributed by atoms with Crippen molar-refractivity contribution in [3.05, 3.63) is 97.1 Å². The van der Waals surface area contributed by atoms with E-state index in [2.05, 4.69) is 0 Å². The van der Waals surface area contributed by atoms with Crippen molar-refractivity contribution in [2.45, 2.75) is 9.79 Å². The molecule has 0 bridgehead atoms. The number of hydrogen-bond donors (Lipinski definition) is 0. The summed E-state index contributed by atoms with van der Waals surface area (Å²) >= 11 is 1.23. The maximum absolute atomic E-state index is 12.4. The molecular weight excluding hydrogens is 366 g/mol. The zero-order valence-electron chi connectivity index (χ0n) is 16.5. The van der Waals surface area contributed by atoms with Crippen LogP contribution in [0.3, 0.4) is 0 Å². The van der Waals surface area contributed by atoms with Gasteiger partial charge in [0.15, 0.2) is 0 Å². The van der Waals surface area contributed by atoms with Crippen molar-refractivity contribution in [2.24, 2.45) is 0 Å². The van der Waals surface area contributed by atoms with Gasteiger partial charge in [-0.2, -0.15) is 0 Å². The Hall–Kier alpha value is -1.98. The van der Waals surface area contributed by atoms with E-state index in [0.29, 0.717) is 9.79 Å². The Kier molecular flexibility index (Phi) is 8.60. The van der Waals surface area contributed by atoms with Crippen LogP contribution in [0.25, 0.3) is 22.3 Å². The van der Waals surface area contributed by atoms with Crippen molar-refractivity contribution >= 4 is 11.8 Å². The Labute approximate surface area is 199 Å². The Bertz CT molecular complexity index is 984. The van der Waals surface area contributed by atoms with Gasteiger partial charge < -0.3 is 10.2 Å². The van der Waals surface area contributed by atoms with E-state index in [-0.39, 0.29) is 49.2 Å². The van der Waals surface area contributed by atoms with Gasteiger partial charge in [-0.25, -0.2) is 0 Å². The summed E-state index contributed by atoms with van der Waals surface area (Å²) in [6.45, 7) is 0. The molecule has 0 N–H and O–H groups in total. The molecule has 0 aliphatic carbocycles. The summed E-state index contributed by atoms with van der Waals surface area (Å²) in [6, 6.07) is 30.3. The molecule has 4 rings (SSSR count). The maximum Gasteiger partial charge on any atom is 1.00 e. The van der Waals surface area contributed by atoms with E-state index >= 15 is 0 Å². The molecule has 4 aromatic rings. The van der Waals surface area contributed by atoms with Crippen LogP contribution in [0.2, 0.25) is 0 Å². The molecule has 0 unspecified atom stereocenters. The smallest absolute Gasteiger partial charge is 0.872 e. The van der Waals surface area contributed by atoms with E-state index in [1.54, 1.807) is 12.1 Å². The van der Waals surface area contributed by atoms with Crippen molar-refractivity contribution in [1.82, 2.24) is 0 Å². The fraction of sp³-hybridized carbons (Fsp3) is 0. The van der Waals surface area contributed by atoms with Crippen molar-refractivity contribution < 1.29 is 47.9 Å². The predicted molar refractivity (Wildman–Crippen MR) is 107 cm³/mol. The number of rotatable bonds is 4. The molecule has 0 amide bonds. The normalized spacial score (nSPS) is 9.93. The minimum atomic E-state index is -0.0794. The molecule has 0 saturated heterocycles. The van der Waals surface area contributed by atoms with Gasteiger partial charge >= 0.3 is 37.7 Å². The topological polar surface area (TPSA) is 46.1 Å². The zero-order valence-corrected chi connectivity index (χ0v) is 17.3. The van der Waals surface area contributed by atoms with Gasteiger partial charge in [0.2, 0.25) is 0 Å². The van der Waals surface area contributed by atoms with Crippen LogP contribution in [0.5, 0.6) is 11.5 Å². The summed E-state index contributed by atoms with van der Waals surface area (Å²) in [5.41, 5.74) is 4.01. The molecule has 0 aromatic heterocycles. The summed E-state index contributed by atoms with van der Waals surface area (Å²) in [7, 11) is 0. The van der Waals surface area contributed by atoms with Crippen molar-refractivity contribution in [2.75, 3.05) is 0 Å². The zero-order chi connectivity index (χ0) is 18.6. The molecule has 5 heteroatoms. The largest absolute Gasteiger partial charge is 1.00 e. The van der Waals surface area contributed by atoms with E-state index in [4.69, 9.17) is 0 Å². The van der Waals surface area contributed by atoms with Crippen LogP contribution in [0, 0.1) is 0 Å². The Morgan fingerprint density at radius 1 is 0.448 bits per heavy atom. The third-order valence-corrected chi connectivity index (χ3v) is 5.40. The Balaban J connectivity index is 0.00000150. The second-order valence-electron chi connectivity index (χ2n) is 6.16. The SMILES string of the molecule is [Li+].[Li+].[O-]c1ccc(-c2ccccc2)cc1Sc1cc(-c2ccccc2)ccc1[O-]. The molecule has 0 spiro atoms. The molecule has 0 aliphatic rings. The monoisotopic (exact) mass is 382 g/mol. The standard InChI is InChI=1S/C24H18O2S.2Li/c25-21-13-11-19(17-7-3-1-4-8-17)15-23(21)27-24-16-20(12-14-22(24)26)18-9-5-2-6-10-18;;/h1-16,25-26H;;/q;2*+1/p-2. The van der Waals surface area contributed by atoms with Crippen molar-refractivity contribution in [1.29, 1.82) is 0 Å². The number of benzene rings is 4. The van der Waals surface area contributed by atoms with Crippen LogP contribution in [0.1, 0.15) is 0 Å². The van der Waals surface area contributed by atoms with Gasteiger partial charge in [-0.05, 0) is 34.4 Å². The van der Waals surface area contributed by atoms with Gasteiger partial charge in [-0.1, -0.05) is 108 Å². The maximum atomic E-state index is 12.4. The van der Waals surface area contributed by atoms with Crippen LogP contribution in [0.15, 0.2) is 107 Å². The average molecular weight is 382 g/mol. The van der Waals surface area contributed by atoms with E-state index in [9.17, 15) is 10.2 Å². The van der Waals surface area contributed by atoms with Crippen LogP contribution < -0.4 is 47.9 Å². The summed E-state index contributed by atoms with van der Waals surface area (Å²) in [5, 5.41) is 24.7. The minimum Gasteiger partial charge on any atom is -0.872 e. The van der Waals surface area contributed by atoms with Crippen LogP contribution in [-0.2, 0) is 0 Å². The molecule has 0 fully saturated rings. The molecule has 0 saturated carbocycles. The van der Waals surface area contributed by atoms with Gasteiger partial charge in [0.25, 0.3) is 0 Å². The molecule has 0 radical (unpaired) electrons. The van der Waals surface area contributed by atoms with E-state index in [1.807, 2.05) is 84.9 Å². The molecule has 29 heavy (non-hydrogen) atoms. The van der Waals surface area contributed by atoms with Gasteiger partial charge in [0, 0.05) is 9.79 Å². The Morgan fingerprint density at radius 2 is 0.828 bits per heavy atom. The molecule has 4 aromatic carbocycles. The quantitative estimate of drug-likeness (QED) is 0.440. The third kappa shape index (κ3) is 5.55. The van der Waals surface area contributed by atoms with Gasteiger partial charge in [-0.3, -0.25) is 0 Å². The fourth-order valence-electron chi connectivity index (χ4n) is 2.91. The average Bonchev–Trinajstić information content (AvgIpc) is 2.72. The molecule has 2 nitrogen and oxygen atoms in total. The molecule has 132 valence electrons. The van der Waals surface area contributed by atoms with E-state index < -0.39 is 0 Å². The van der Waals surface area contributed by atoms with Gasteiger partial charge in [0.05, 0.1) is 0 Å². The molecule has 0 aliphatic heterocycles. The molecule has 0 heterocycles. The second kappa shape index (κ2) is 10.7. The van der Waals surface area contributed by atoms with Crippen LogP contribution in [0.4, 0.5) is 0 Å². The Morgan fingerprint density at radius 3 is 1.21 bits per heavy atom. The van der Waals surface area contributed by atoms with Crippen LogP contribution in [-0.4, -0.2) is 0 Å². The summed E-state index contributed by atoms with van der Waals surface area (Å²) < 4.78 is 0. The summed E-state index contributed by atoms with van der Waals surface area (Å²) in [4.78, 5) is 1.11. The first-order valence-electron chi connectivity index (χ1n) is 8.61. The van der Waals surface area contributed by atoms with Gasteiger partial charge in [-0.15, -0.1) is 0 Å². The van der Waals surface area contributed by atoms with Crippen LogP contribution >= 0.6 is 11.8 Å². The van der Waals surface area contributed by atoms with Crippen molar-refractivity contribution in [3.63, 3.8) is 0 Å². The van der Waals surface area contributed by atoms with E-state index in [0.717, 1.165) is 22.3 Å². The fourth-order valence-corrected chi connectivity index (χ4v) is 3.86. The summed E-state index contributed by atoms with van der Waals surface area (Å²) in [6.07, 6.45) is 0. The van der Waals surface area contributed by atoms with E-state index in [1.165, 1.54) is 11.8 Å². The molecule has 0 atom stereocenters. The second-order valence-corrected chi connectivity index (χ2v) is 7.24. The van der Waals surface area contributed by atoms with Gasteiger partial charge in [0.1, 0.15) is 0 Å². The third-order valence-electron chi connectivity index (χ3n) is 4.32. The van der Waals surface area contributed by atoms with Crippen molar-refractivity contribution in [3.8, 4) is 33.8 Å². The first-order valence-corrected chi connectivity index (χ1v) is 9.43. The number of hydrogen-bond acceptors (Lipinski definition) is 3. The predicted octanol–water partition coefficient (Wildman–Crippen LogP) is -0.673. The first-order chi connectivity index (χ1) is 13.2.